The predicted molar refractivity (Wildman–Crippen MR) is 56.3 cm³/mol. The summed E-state index contributed by atoms with van der Waals surface area (Å²) in [6, 6.07) is 3.60. The third kappa shape index (κ3) is 2.23. The van der Waals surface area contributed by atoms with E-state index in [4.69, 9.17) is 5.73 Å². The lowest BCUT2D eigenvalue weighted by atomic mass is 10.2. The monoisotopic (exact) mass is 307 g/mol. The molecule has 0 fully saturated rings. The van der Waals surface area contributed by atoms with E-state index in [1.54, 1.807) is 0 Å². The summed E-state index contributed by atoms with van der Waals surface area (Å²) in [6.07, 6.45) is -4.46. The zero-order valence-electron chi connectivity index (χ0n) is 8.11. The molecule has 1 aromatic heterocycles. The first-order valence-corrected chi connectivity index (χ1v) is 5.10. The van der Waals surface area contributed by atoms with Crippen molar-refractivity contribution >= 4 is 21.9 Å². The quantitative estimate of drug-likeness (QED) is 0.875. The average Bonchev–Trinajstić information content (AvgIpc) is 2.63. The summed E-state index contributed by atoms with van der Waals surface area (Å²) >= 11 is 2.84. The second kappa shape index (κ2) is 3.99. The van der Waals surface area contributed by atoms with Gasteiger partial charge in [-0.15, -0.1) is 0 Å². The number of alkyl halides is 3. The number of rotatable bonds is 1. The lowest BCUT2D eigenvalue weighted by molar-refractivity contribution is -0.138. The van der Waals surface area contributed by atoms with Gasteiger partial charge in [-0.3, -0.25) is 0 Å². The van der Waals surface area contributed by atoms with Gasteiger partial charge in [0, 0.05) is 4.47 Å². The van der Waals surface area contributed by atoms with Crippen molar-refractivity contribution in [3.8, 4) is 5.69 Å². The van der Waals surface area contributed by atoms with Gasteiger partial charge in [-0.1, -0.05) is 21.0 Å². The van der Waals surface area contributed by atoms with Crippen LogP contribution in [0.1, 0.15) is 5.56 Å². The summed E-state index contributed by atoms with van der Waals surface area (Å²) in [5, 5.41) is 10.1. The van der Waals surface area contributed by atoms with Gasteiger partial charge in [0.15, 0.2) is 0 Å². The maximum Gasteiger partial charge on any atom is 0.417 e. The molecule has 0 aliphatic heterocycles. The van der Waals surface area contributed by atoms with E-state index in [9.17, 15) is 13.2 Å². The number of halogens is 4. The molecule has 0 atom stereocenters. The van der Waals surface area contributed by atoms with Crippen molar-refractivity contribution in [2.24, 2.45) is 0 Å². The van der Waals surface area contributed by atoms with E-state index in [0.717, 1.165) is 10.7 Å². The number of aromatic nitrogens is 4. The molecule has 9 heteroatoms. The summed E-state index contributed by atoms with van der Waals surface area (Å²) in [5.74, 6) is -0.0829. The molecule has 90 valence electrons. The summed E-state index contributed by atoms with van der Waals surface area (Å²) in [4.78, 5) is 0. The van der Waals surface area contributed by atoms with Crippen LogP contribution in [0.3, 0.4) is 0 Å². The van der Waals surface area contributed by atoms with Crippen molar-refractivity contribution in [2.45, 2.75) is 6.18 Å². The number of hydrogen-bond donors (Lipinski definition) is 1. The molecule has 0 saturated heterocycles. The number of benzene rings is 1. The molecule has 2 rings (SSSR count). The highest BCUT2D eigenvalue weighted by atomic mass is 79.9. The Balaban J connectivity index is 2.56. The maximum absolute atomic E-state index is 12.6. The minimum absolute atomic E-state index is 0.0552. The minimum Gasteiger partial charge on any atom is -0.366 e. The summed E-state index contributed by atoms with van der Waals surface area (Å²) < 4.78 is 38.9. The summed E-state index contributed by atoms with van der Waals surface area (Å²) in [7, 11) is 0. The van der Waals surface area contributed by atoms with Crippen molar-refractivity contribution in [2.75, 3.05) is 5.73 Å². The molecule has 1 aromatic carbocycles. The van der Waals surface area contributed by atoms with Crippen molar-refractivity contribution < 1.29 is 13.2 Å². The molecule has 2 N–H and O–H groups in total. The van der Waals surface area contributed by atoms with Crippen LogP contribution >= 0.6 is 15.9 Å². The molecule has 1 heterocycles. The van der Waals surface area contributed by atoms with Crippen LogP contribution in [0.15, 0.2) is 22.7 Å². The highest BCUT2D eigenvalue weighted by molar-refractivity contribution is 9.10. The number of nitrogens with two attached hydrogens (primary N) is 1. The smallest absolute Gasteiger partial charge is 0.366 e. The van der Waals surface area contributed by atoms with Gasteiger partial charge in [0.2, 0.25) is 5.95 Å². The first-order valence-electron chi connectivity index (χ1n) is 4.30. The van der Waals surface area contributed by atoms with Crippen LogP contribution in [0, 0.1) is 0 Å². The molecule has 0 unspecified atom stereocenters. The first kappa shape index (κ1) is 11.8. The molecule has 2 aromatic rings. The van der Waals surface area contributed by atoms with E-state index in [0.29, 0.717) is 0 Å². The van der Waals surface area contributed by atoms with Gasteiger partial charge in [-0.25, -0.2) is 0 Å². The van der Waals surface area contributed by atoms with Gasteiger partial charge in [0.1, 0.15) is 0 Å². The molecule has 0 spiro atoms. The Morgan fingerprint density at radius 1 is 1.29 bits per heavy atom. The van der Waals surface area contributed by atoms with E-state index in [1.165, 1.54) is 12.1 Å². The summed E-state index contributed by atoms with van der Waals surface area (Å²) in [5.41, 5.74) is 4.73. The van der Waals surface area contributed by atoms with Crippen molar-refractivity contribution in [1.82, 2.24) is 20.2 Å². The topological polar surface area (TPSA) is 69.6 Å². The molecular formula is C8H5BrF3N5. The standard InChI is InChI=1S/C8H5BrF3N5/c9-6-2-1-4(3-5(6)8(10,11)12)17-7(13)14-15-16-17/h1-3H,(H2,13,14,16). The Morgan fingerprint density at radius 2 is 2.00 bits per heavy atom. The van der Waals surface area contributed by atoms with Crippen LogP contribution in [0.2, 0.25) is 0 Å². The SMILES string of the molecule is Nc1nnnn1-c1ccc(Br)c(C(F)(F)F)c1. The molecule has 0 aliphatic rings. The number of tetrazole rings is 1. The number of nitrogen functional groups attached to an aromatic ring is 1. The van der Waals surface area contributed by atoms with Crippen LogP contribution in [0.5, 0.6) is 0 Å². The van der Waals surface area contributed by atoms with Gasteiger partial charge in [-0.05, 0) is 28.6 Å². The third-order valence-electron chi connectivity index (χ3n) is 1.99. The second-order valence-corrected chi connectivity index (χ2v) is 3.97. The highest BCUT2D eigenvalue weighted by Crippen LogP contribution is 2.35. The fourth-order valence-corrected chi connectivity index (χ4v) is 1.71. The fourth-order valence-electron chi connectivity index (χ4n) is 1.24. The van der Waals surface area contributed by atoms with E-state index >= 15 is 0 Å². The number of hydrogen-bond acceptors (Lipinski definition) is 4. The molecular weight excluding hydrogens is 303 g/mol. The Hall–Kier alpha value is -1.64. The fraction of sp³-hybridized carbons (Fsp3) is 0.125. The molecule has 5 nitrogen and oxygen atoms in total. The Morgan fingerprint density at radius 3 is 2.53 bits per heavy atom. The van der Waals surface area contributed by atoms with Crippen molar-refractivity contribution in [3.63, 3.8) is 0 Å². The first-order chi connectivity index (χ1) is 7.89. The Bertz CT molecular complexity index is 550. The van der Waals surface area contributed by atoms with Gasteiger partial charge < -0.3 is 5.73 Å². The molecule has 0 aliphatic carbocycles. The predicted octanol–water partition coefficient (Wildman–Crippen LogP) is 2.03. The zero-order chi connectivity index (χ0) is 12.6. The van der Waals surface area contributed by atoms with E-state index < -0.39 is 11.7 Å². The van der Waals surface area contributed by atoms with Gasteiger partial charge in [-0.2, -0.15) is 17.9 Å². The number of nitrogens with zero attached hydrogens (tertiary/aromatic N) is 4. The number of anilines is 1. The van der Waals surface area contributed by atoms with Crippen LogP contribution < -0.4 is 5.73 Å². The van der Waals surface area contributed by atoms with Crippen molar-refractivity contribution in [1.29, 1.82) is 0 Å². The second-order valence-electron chi connectivity index (χ2n) is 3.11. The average molecular weight is 308 g/mol. The van der Waals surface area contributed by atoms with Crippen LogP contribution in [-0.4, -0.2) is 20.2 Å². The van der Waals surface area contributed by atoms with Crippen LogP contribution in [-0.2, 0) is 6.18 Å². The van der Waals surface area contributed by atoms with Crippen molar-refractivity contribution in [3.05, 3.63) is 28.2 Å². The maximum atomic E-state index is 12.6. The van der Waals surface area contributed by atoms with Crippen LogP contribution in [0.4, 0.5) is 19.1 Å². The molecule has 0 saturated carbocycles. The van der Waals surface area contributed by atoms with E-state index in [2.05, 4.69) is 31.5 Å². The molecule has 0 radical (unpaired) electrons. The van der Waals surface area contributed by atoms with Gasteiger partial charge in [0.05, 0.1) is 11.3 Å². The summed E-state index contributed by atoms with van der Waals surface area (Å²) in [6.45, 7) is 0. The molecule has 0 bridgehead atoms. The Kier molecular flexibility index (Phi) is 2.77. The largest absolute Gasteiger partial charge is 0.417 e. The zero-order valence-corrected chi connectivity index (χ0v) is 9.70. The lowest BCUT2D eigenvalue weighted by Crippen LogP contribution is -2.09. The van der Waals surface area contributed by atoms with Gasteiger partial charge >= 0.3 is 6.18 Å². The van der Waals surface area contributed by atoms with Crippen LogP contribution in [0.25, 0.3) is 5.69 Å². The van der Waals surface area contributed by atoms with E-state index in [-0.39, 0.29) is 16.1 Å². The van der Waals surface area contributed by atoms with E-state index in [1.807, 2.05) is 0 Å². The Labute approximate surface area is 102 Å². The van der Waals surface area contributed by atoms with Gasteiger partial charge in [0.25, 0.3) is 0 Å². The highest BCUT2D eigenvalue weighted by Gasteiger charge is 2.33. The molecule has 0 amide bonds. The minimum atomic E-state index is -4.46. The molecule has 17 heavy (non-hydrogen) atoms. The third-order valence-corrected chi connectivity index (χ3v) is 2.69. The lowest BCUT2D eigenvalue weighted by Gasteiger charge is -2.10. The normalized spacial score (nSPS) is 11.8.